The third kappa shape index (κ3) is 3.18. The Balaban J connectivity index is 2.09. The lowest BCUT2D eigenvalue weighted by Crippen LogP contribution is -2.43. The van der Waals surface area contributed by atoms with E-state index in [1.807, 2.05) is 0 Å². The van der Waals surface area contributed by atoms with E-state index in [4.69, 9.17) is 4.74 Å². The number of nitrogens with zero attached hydrogens (tertiary/aromatic N) is 1. The van der Waals surface area contributed by atoms with Crippen LogP contribution in [0.1, 0.15) is 48.2 Å². The van der Waals surface area contributed by atoms with Crippen LogP contribution in [0.3, 0.4) is 0 Å². The van der Waals surface area contributed by atoms with E-state index in [2.05, 4.69) is 15.5 Å². The molecule has 1 aromatic heterocycles. The van der Waals surface area contributed by atoms with Crippen LogP contribution in [-0.2, 0) is 9.53 Å². The van der Waals surface area contributed by atoms with Crippen LogP contribution < -0.4 is 5.32 Å². The quantitative estimate of drug-likeness (QED) is 0.649. The number of rotatable bonds is 3. The molecule has 1 aromatic rings. The fourth-order valence-corrected chi connectivity index (χ4v) is 2.74. The number of hydrogen-bond acceptors (Lipinski definition) is 4. The summed E-state index contributed by atoms with van der Waals surface area (Å²) >= 11 is 0. The number of methoxy groups -OCH3 is 1. The van der Waals surface area contributed by atoms with Gasteiger partial charge in [-0.2, -0.15) is 5.10 Å². The molecule has 1 aliphatic rings. The molecule has 0 aliphatic heterocycles. The SMILES string of the molecule is COC(=O)[C@H]1CCCCC[C@H]1NC(=O)c1cn[nH]c1C. The summed E-state index contributed by atoms with van der Waals surface area (Å²) in [5.41, 5.74) is 1.25. The van der Waals surface area contributed by atoms with Crippen molar-refractivity contribution in [2.45, 2.75) is 45.1 Å². The molecule has 6 nitrogen and oxygen atoms in total. The summed E-state index contributed by atoms with van der Waals surface area (Å²) in [6.45, 7) is 1.80. The van der Waals surface area contributed by atoms with Crippen molar-refractivity contribution in [2.75, 3.05) is 7.11 Å². The minimum absolute atomic E-state index is 0.160. The Labute approximate surface area is 118 Å². The van der Waals surface area contributed by atoms with Gasteiger partial charge in [-0.25, -0.2) is 0 Å². The molecule has 2 rings (SSSR count). The normalized spacial score (nSPS) is 22.9. The number of carbonyl (C=O) groups is 2. The van der Waals surface area contributed by atoms with Gasteiger partial charge in [-0.15, -0.1) is 0 Å². The van der Waals surface area contributed by atoms with Crippen LogP contribution in [0.25, 0.3) is 0 Å². The van der Waals surface area contributed by atoms with Gasteiger partial charge in [0.2, 0.25) is 0 Å². The van der Waals surface area contributed by atoms with Crippen molar-refractivity contribution in [3.63, 3.8) is 0 Å². The maximum Gasteiger partial charge on any atom is 0.310 e. The lowest BCUT2D eigenvalue weighted by atomic mass is 9.94. The van der Waals surface area contributed by atoms with E-state index in [0.29, 0.717) is 5.56 Å². The third-order valence-electron chi connectivity index (χ3n) is 3.91. The van der Waals surface area contributed by atoms with Crippen LogP contribution in [0.5, 0.6) is 0 Å². The van der Waals surface area contributed by atoms with E-state index in [0.717, 1.165) is 37.8 Å². The van der Waals surface area contributed by atoms with Gasteiger partial charge in [-0.05, 0) is 19.8 Å². The molecule has 1 aliphatic carbocycles. The molecule has 6 heteroatoms. The molecule has 20 heavy (non-hydrogen) atoms. The van der Waals surface area contributed by atoms with Crippen molar-refractivity contribution in [3.05, 3.63) is 17.5 Å². The fourth-order valence-electron chi connectivity index (χ4n) is 2.74. The van der Waals surface area contributed by atoms with Gasteiger partial charge in [-0.1, -0.05) is 19.3 Å². The summed E-state index contributed by atoms with van der Waals surface area (Å²) < 4.78 is 4.86. The van der Waals surface area contributed by atoms with Crippen LogP contribution >= 0.6 is 0 Å². The van der Waals surface area contributed by atoms with E-state index in [1.165, 1.54) is 13.3 Å². The Morgan fingerprint density at radius 1 is 1.35 bits per heavy atom. The second-order valence-corrected chi connectivity index (χ2v) is 5.26. The second kappa shape index (κ2) is 6.54. The summed E-state index contributed by atoms with van der Waals surface area (Å²) in [5, 5.41) is 9.56. The highest BCUT2D eigenvalue weighted by Gasteiger charge is 2.32. The number of aryl methyl sites for hydroxylation is 1. The highest BCUT2D eigenvalue weighted by molar-refractivity contribution is 5.95. The Hall–Kier alpha value is -1.85. The zero-order valence-corrected chi connectivity index (χ0v) is 11.9. The molecular formula is C14H21N3O3. The standard InChI is InChI=1S/C14H21N3O3/c1-9-11(8-15-17-9)13(18)16-12-7-5-3-4-6-10(12)14(19)20-2/h8,10,12H,3-7H2,1-2H3,(H,15,17)(H,16,18)/t10-,12+/m0/s1. The molecule has 1 fully saturated rings. The summed E-state index contributed by atoms with van der Waals surface area (Å²) in [4.78, 5) is 24.1. The molecule has 2 N–H and O–H groups in total. The van der Waals surface area contributed by atoms with E-state index in [-0.39, 0.29) is 23.8 Å². The number of nitrogens with one attached hydrogen (secondary N) is 2. The number of hydrogen-bond donors (Lipinski definition) is 2. The molecule has 0 saturated heterocycles. The molecule has 0 bridgehead atoms. The van der Waals surface area contributed by atoms with Gasteiger partial charge in [0.1, 0.15) is 0 Å². The monoisotopic (exact) mass is 279 g/mol. The summed E-state index contributed by atoms with van der Waals surface area (Å²) in [6.07, 6.45) is 6.18. The molecule has 1 heterocycles. The molecular weight excluding hydrogens is 258 g/mol. The van der Waals surface area contributed by atoms with Crippen LogP contribution in [-0.4, -0.2) is 35.2 Å². The molecule has 1 saturated carbocycles. The number of carbonyl (C=O) groups excluding carboxylic acids is 2. The van der Waals surface area contributed by atoms with Crippen molar-refractivity contribution in [2.24, 2.45) is 5.92 Å². The van der Waals surface area contributed by atoms with Gasteiger partial charge >= 0.3 is 5.97 Å². The topological polar surface area (TPSA) is 84.1 Å². The first-order valence-corrected chi connectivity index (χ1v) is 7.02. The van der Waals surface area contributed by atoms with Gasteiger partial charge in [0, 0.05) is 11.7 Å². The number of amides is 1. The smallest absolute Gasteiger partial charge is 0.310 e. The van der Waals surface area contributed by atoms with Gasteiger partial charge in [0.25, 0.3) is 5.91 Å². The van der Waals surface area contributed by atoms with Gasteiger partial charge in [0.15, 0.2) is 0 Å². The Morgan fingerprint density at radius 2 is 2.10 bits per heavy atom. The largest absolute Gasteiger partial charge is 0.469 e. The number of aromatic amines is 1. The third-order valence-corrected chi connectivity index (χ3v) is 3.91. The minimum atomic E-state index is -0.251. The molecule has 0 unspecified atom stereocenters. The molecule has 110 valence electrons. The zero-order chi connectivity index (χ0) is 14.5. The maximum atomic E-state index is 12.2. The average Bonchev–Trinajstić information content (AvgIpc) is 2.74. The van der Waals surface area contributed by atoms with Gasteiger partial charge in [-0.3, -0.25) is 14.7 Å². The molecule has 2 atom stereocenters. The summed E-state index contributed by atoms with van der Waals surface area (Å²) in [7, 11) is 1.40. The highest BCUT2D eigenvalue weighted by atomic mass is 16.5. The first-order chi connectivity index (χ1) is 9.63. The summed E-state index contributed by atoms with van der Waals surface area (Å²) in [5.74, 6) is -0.670. The average molecular weight is 279 g/mol. The van der Waals surface area contributed by atoms with Gasteiger partial charge in [0.05, 0.1) is 24.8 Å². The van der Waals surface area contributed by atoms with Crippen molar-refractivity contribution in [1.29, 1.82) is 0 Å². The van der Waals surface area contributed by atoms with E-state index in [1.54, 1.807) is 6.92 Å². The van der Waals surface area contributed by atoms with Crippen LogP contribution in [0.2, 0.25) is 0 Å². The minimum Gasteiger partial charge on any atom is -0.469 e. The van der Waals surface area contributed by atoms with Crippen molar-refractivity contribution in [1.82, 2.24) is 15.5 Å². The highest BCUT2D eigenvalue weighted by Crippen LogP contribution is 2.25. The van der Waals surface area contributed by atoms with E-state index < -0.39 is 0 Å². The van der Waals surface area contributed by atoms with Crippen molar-refractivity contribution < 1.29 is 14.3 Å². The summed E-state index contributed by atoms with van der Waals surface area (Å²) in [6, 6.07) is -0.160. The lowest BCUT2D eigenvalue weighted by molar-refractivity contribution is -0.146. The zero-order valence-electron chi connectivity index (χ0n) is 11.9. The lowest BCUT2D eigenvalue weighted by Gasteiger charge is -2.24. The van der Waals surface area contributed by atoms with Gasteiger partial charge < -0.3 is 10.1 Å². The number of aromatic nitrogens is 2. The van der Waals surface area contributed by atoms with Crippen LogP contribution in [0.15, 0.2) is 6.20 Å². The number of ether oxygens (including phenoxy) is 1. The first kappa shape index (κ1) is 14.6. The van der Waals surface area contributed by atoms with Crippen molar-refractivity contribution >= 4 is 11.9 Å². The Morgan fingerprint density at radius 3 is 2.75 bits per heavy atom. The molecule has 0 aromatic carbocycles. The predicted molar refractivity (Wildman–Crippen MR) is 73.2 cm³/mol. The van der Waals surface area contributed by atoms with E-state index >= 15 is 0 Å². The maximum absolute atomic E-state index is 12.2. The van der Waals surface area contributed by atoms with Crippen LogP contribution in [0, 0.1) is 12.8 Å². The first-order valence-electron chi connectivity index (χ1n) is 7.02. The van der Waals surface area contributed by atoms with E-state index in [9.17, 15) is 9.59 Å². The van der Waals surface area contributed by atoms with Crippen LogP contribution in [0.4, 0.5) is 0 Å². The number of esters is 1. The number of H-pyrrole nitrogens is 1. The second-order valence-electron chi connectivity index (χ2n) is 5.26. The van der Waals surface area contributed by atoms with Crippen molar-refractivity contribution in [3.8, 4) is 0 Å². The molecule has 0 radical (unpaired) electrons. The predicted octanol–water partition coefficient (Wildman–Crippen LogP) is 1.57. The Bertz CT molecular complexity index is 484. The Kier molecular flexibility index (Phi) is 4.76. The molecule has 1 amide bonds. The molecule has 0 spiro atoms. The fraction of sp³-hybridized carbons (Fsp3) is 0.643.